The molecule has 0 spiro atoms. The molecule has 3 N–H and O–H groups in total. The van der Waals surface area contributed by atoms with E-state index in [-0.39, 0.29) is 12.2 Å². The highest BCUT2D eigenvalue weighted by Crippen LogP contribution is 2.27. The molecule has 3 rings (SSSR count). The van der Waals surface area contributed by atoms with Crippen LogP contribution in [-0.4, -0.2) is 44.5 Å². The lowest BCUT2D eigenvalue weighted by Gasteiger charge is -2.37. The number of aromatic amines is 2. The molecule has 18 heavy (non-hydrogen) atoms. The van der Waals surface area contributed by atoms with Crippen molar-refractivity contribution in [3.8, 4) is 0 Å². The number of aromatic nitrogens is 4. The fraction of sp³-hybridized carbons (Fsp3) is 0.545. The number of nitrogens with one attached hydrogen (secondary N) is 2. The molecule has 1 saturated carbocycles. The van der Waals surface area contributed by atoms with Crippen LogP contribution in [0.15, 0.2) is 11.0 Å². The van der Waals surface area contributed by atoms with Crippen LogP contribution in [0, 0.1) is 0 Å². The summed E-state index contributed by atoms with van der Waals surface area (Å²) in [5.41, 5.74) is 0.280. The summed E-state index contributed by atoms with van der Waals surface area (Å²) >= 11 is 0. The Labute approximate surface area is 103 Å². The zero-order valence-electron chi connectivity index (χ0n) is 9.89. The molecule has 1 aliphatic rings. The van der Waals surface area contributed by atoms with E-state index in [1.54, 1.807) is 0 Å². The van der Waals surface area contributed by atoms with Crippen molar-refractivity contribution in [2.75, 3.05) is 18.1 Å². The van der Waals surface area contributed by atoms with Crippen LogP contribution < -0.4 is 10.5 Å². The zero-order chi connectivity index (χ0) is 12.5. The molecule has 0 radical (unpaired) electrons. The van der Waals surface area contributed by atoms with Gasteiger partial charge in [0.2, 0.25) is 5.95 Å². The fourth-order valence-corrected chi connectivity index (χ4v) is 2.24. The first-order valence-corrected chi connectivity index (χ1v) is 6.10. The quantitative estimate of drug-likeness (QED) is 0.708. The third kappa shape index (κ3) is 1.76. The molecule has 96 valence electrons. The normalized spacial score (nSPS) is 15.8. The third-order valence-corrected chi connectivity index (χ3v) is 3.44. The van der Waals surface area contributed by atoms with Gasteiger partial charge < -0.3 is 10.0 Å². The number of fused-ring (bicyclic) bond motifs is 1. The molecule has 0 amide bonds. The first-order valence-electron chi connectivity index (χ1n) is 6.10. The monoisotopic (exact) mass is 249 g/mol. The van der Waals surface area contributed by atoms with Crippen molar-refractivity contribution >= 4 is 17.0 Å². The van der Waals surface area contributed by atoms with Crippen LogP contribution in [0.5, 0.6) is 0 Å². The molecule has 7 heteroatoms. The molecule has 2 heterocycles. The molecule has 2 aromatic heterocycles. The predicted molar refractivity (Wildman–Crippen MR) is 66.6 cm³/mol. The standard InChI is InChI=1S/C11H15N5O2/c17-5-4-16(7-2-1-3-7)11-13-9-8(6-12-15-9)10(18)14-11/h6-7,17H,1-5H2,(H2,12,13,14,15,18). The van der Waals surface area contributed by atoms with Crippen molar-refractivity contribution in [3.05, 3.63) is 16.6 Å². The minimum atomic E-state index is -0.203. The Bertz CT molecular complexity index is 601. The smallest absolute Gasteiger partial charge is 0.263 e. The van der Waals surface area contributed by atoms with E-state index in [1.165, 1.54) is 12.6 Å². The van der Waals surface area contributed by atoms with Crippen LogP contribution in [0.1, 0.15) is 19.3 Å². The van der Waals surface area contributed by atoms with Gasteiger partial charge in [0.15, 0.2) is 5.65 Å². The van der Waals surface area contributed by atoms with E-state index in [9.17, 15) is 4.79 Å². The van der Waals surface area contributed by atoms with E-state index in [0.717, 1.165) is 12.8 Å². The summed E-state index contributed by atoms with van der Waals surface area (Å²) in [4.78, 5) is 20.9. The average molecular weight is 249 g/mol. The minimum Gasteiger partial charge on any atom is -0.395 e. The molecule has 0 unspecified atom stereocenters. The van der Waals surface area contributed by atoms with E-state index in [2.05, 4.69) is 20.2 Å². The molecular weight excluding hydrogens is 234 g/mol. The first-order chi connectivity index (χ1) is 8.79. The van der Waals surface area contributed by atoms with Gasteiger partial charge in [0.25, 0.3) is 5.56 Å². The molecular formula is C11H15N5O2. The first kappa shape index (κ1) is 11.2. The van der Waals surface area contributed by atoms with Crippen LogP contribution in [-0.2, 0) is 0 Å². The van der Waals surface area contributed by atoms with Gasteiger partial charge in [0.1, 0.15) is 5.39 Å². The highest BCUT2D eigenvalue weighted by atomic mass is 16.3. The highest BCUT2D eigenvalue weighted by molar-refractivity contribution is 5.73. The molecule has 0 aliphatic heterocycles. The van der Waals surface area contributed by atoms with Gasteiger partial charge in [-0.2, -0.15) is 10.1 Å². The summed E-state index contributed by atoms with van der Waals surface area (Å²) in [6.45, 7) is 0.522. The zero-order valence-corrected chi connectivity index (χ0v) is 9.89. The Hall–Kier alpha value is -1.89. The fourth-order valence-electron chi connectivity index (χ4n) is 2.24. The molecule has 2 aromatic rings. The number of nitrogens with zero attached hydrogens (tertiary/aromatic N) is 3. The van der Waals surface area contributed by atoms with Gasteiger partial charge in [-0.05, 0) is 19.3 Å². The Morgan fingerprint density at radius 3 is 3.00 bits per heavy atom. The SMILES string of the molecule is O=c1[nH]c(N(CCO)C2CCC2)nc2[nH]ncc12. The van der Waals surface area contributed by atoms with Crippen molar-refractivity contribution in [2.24, 2.45) is 0 Å². The largest absolute Gasteiger partial charge is 0.395 e. The van der Waals surface area contributed by atoms with Crippen molar-refractivity contribution in [1.82, 2.24) is 20.2 Å². The number of hydrogen-bond acceptors (Lipinski definition) is 5. The number of aliphatic hydroxyl groups excluding tert-OH is 1. The number of rotatable bonds is 4. The van der Waals surface area contributed by atoms with Crippen molar-refractivity contribution < 1.29 is 5.11 Å². The topological polar surface area (TPSA) is 97.9 Å². The Kier molecular flexibility index (Phi) is 2.75. The van der Waals surface area contributed by atoms with Crippen molar-refractivity contribution in [2.45, 2.75) is 25.3 Å². The lowest BCUT2D eigenvalue weighted by molar-refractivity contribution is 0.282. The molecule has 1 fully saturated rings. The number of aliphatic hydroxyl groups is 1. The van der Waals surface area contributed by atoms with Gasteiger partial charge in [-0.25, -0.2) is 0 Å². The second-order valence-electron chi connectivity index (χ2n) is 4.52. The molecule has 0 bridgehead atoms. The maximum Gasteiger partial charge on any atom is 0.263 e. The molecule has 0 atom stereocenters. The van der Waals surface area contributed by atoms with Crippen molar-refractivity contribution in [3.63, 3.8) is 0 Å². The van der Waals surface area contributed by atoms with E-state index in [1.807, 2.05) is 4.90 Å². The van der Waals surface area contributed by atoms with Gasteiger partial charge in [-0.3, -0.25) is 14.9 Å². The van der Waals surface area contributed by atoms with E-state index in [4.69, 9.17) is 5.11 Å². The minimum absolute atomic E-state index is 0.0429. The van der Waals surface area contributed by atoms with Crippen LogP contribution in [0.4, 0.5) is 5.95 Å². The second kappa shape index (κ2) is 4.41. The third-order valence-electron chi connectivity index (χ3n) is 3.44. The number of H-pyrrole nitrogens is 2. The van der Waals surface area contributed by atoms with Crippen LogP contribution in [0.3, 0.4) is 0 Å². The summed E-state index contributed by atoms with van der Waals surface area (Å²) in [5.74, 6) is 0.510. The van der Waals surface area contributed by atoms with Crippen LogP contribution in [0.2, 0.25) is 0 Å². The molecule has 7 nitrogen and oxygen atoms in total. The van der Waals surface area contributed by atoms with E-state index >= 15 is 0 Å². The van der Waals surface area contributed by atoms with Gasteiger partial charge in [0, 0.05) is 12.6 Å². The maximum atomic E-state index is 11.9. The number of anilines is 1. The molecule has 1 aliphatic carbocycles. The molecule has 0 aromatic carbocycles. The second-order valence-corrected chi connectivity index (χ2v) is 4.52. The van der Waals surface area contributed by atoms with Gasteiger partial charge in [-0.15, -0.1) is 0 Å². The Balaban J connectivity index is 2.02. The summed E-state index contributed by atoms with van der Waals surface area (Å²) in [6.07, 6.45) is 4.79. The van der Waals surface area contributed by atoms with E-state index < -0.39 is 0 Å². The average Bonchev–Trinajstić information content (AvgIpc) is 2.74. The van der Waals surface area contributed by atoms with Gasteiger partial charge >= 0.3 is 0 Å². The van der Waals surface area contributed by atoms with Crippen LogP contribution >= 0.6 is 0 Å². The summed E-state index contributed by atoms with van der Waals surface area (Å²) in [6, 6.07) is 0.362. The van der Waals surface area contributed by atoms with E-state index in [0.29, 0.717) is 29.6 Å². The summed E-state index contributed by atoms with van der Waals surface area (Å²) in [5, 5.41) is 16.1. The van der Waals surface area contributed by atoms with Crippen molar-refractivity contribution in [1.29, 1.82) is 0 Å². The lowest BCUT2D eigenvalue weighted by atomic mass is 9.92. The highest BCUT2D eigenvalue weighted by Gasteiger charge is 2.26. The van der Waals surface area contributed by atoms with Gasteiger partial charge in [-0.1, -0.05) is 0 Å². The number of hydrogen-bond donors (Lipinski definition) is 3. The maximum absolute atomic E-state index is 11.9. The summed E-state index contributed by atoms with van der Waals surface area (Å²) < 4.78 is 0. The molecule has 0 saturated heterocycles. The Morgan fingerprint density at radius 1 is 1.50 bits per heavy atom. The van der Waals surface area contributed by atoms with Gasteiger partial charge in [0.05, 0.1) is 12.8 Å². The predicted octanol–water partition coefficient (Wildman–Crippen LogP) is -0.00260. The Morgan fingerprint density at radius 2 is 2.33 bits per heavy atom. The van der Waals surface area contributed by atoms with Crippen LogP contribution in [0.25, 0.3) is 11.0 Å². The lowest BCUT2D eigenvalue weighted by Crippen LogP contribution is -2.43. The summed E-state index contributed by atoms with van der Waals surface area (Å²) in [7, 11) is 0.